The van der Waals surface area contributed by atoms with Crippen LogP contribution in [0.5, 0.6) is 0 Å². The van der Waals surface area contributed by atoms with Crippen molar-refractivity contribution in [1.29, 1.82) is 0 Å². The van der Waals surface area contributed by atoms with Crippen LogP contribution < -0.4 is 5.32 Å². The van der Waals surface area contributed by atoms with E-state index >= 15 is 0 Å². The van der Waals surface area contributed by atoms with Gasteiger partial charge in [0.05, 0.1) is 6.54 Å². The van der Waals surface area contributed by atoms with Gasteiger partial charge in [0.2, 0.25) is 11.8 Å². The van der Waals surface area contributed by atoms with Gasteiger partial charge in [0.15, 0.2) is 0 Å². The lowest BCUT2D eigenvalue weighted by atomic mass is 9.89. The fourth-order valence-electron chi connectivity index (χ4n) is 2.63. The Balaban J connectivity index is 2.07. The highest BCUT2D eigenvalue weighted by Gasteiger charge is 2.43. The zero-order valence-corrected chi connectivity index (χ0v) is 12.1. The highest BCUT2D eigenvalue weighted by atomic mass is 16.2. The van der Waals surface area contributed by atoms with Gasteiger partial charge in [-0.15, -0.1) is 0 Å². The number of amides is 2. The lowest BCUT2D eigenvalue weighted by Gasteiger charge is -2.41. The van der Waals surface area contributed by atoms with Crippen LogP contribution in [0.1, 0.15) is 32.3 Å². The number of nitrogens with zero attached hydrogens (tertiary/aromatic N) is 2. The molecule has 1 aromatic heterocycles. The summed E-state index contributed by atoms with van der Waals surface area (Å²) < 4.78 is 0. The van der Waals surface area contributed by atoms with Gasteiger partial charge >= 0.3 is 0 Å². The molecule has 2 heterocycles. The van der Waals surface area contributed by atoms with E-state index < -0.39 is 5.54 Å². The second-order valence-electron chi connectivity index (χ2n) is 5.17. The predicted octanol–water partition coefficient (Wildman–Crippen LogP) is 1.14. The topological polar surface area (TPSA) is 62.3 Å². The monoisotopic (exact) mass is 275 g/mol. The molecule has 20 heavy (non-hydrogen) atoms. The normalized spacial score (nSPS) is 18.0. The molecule has 1 N–H and O–H groups in total. The molecule has 0 saturated carbocycles. The molecule has 2 amide bonds. The smallest absolute Gasteiger partial charge is 0.248 e. The summed E-state index contributed by atoms with van der Waals surface area (Å²) in [5.41, 5.74) is 0.408. The Bertz CT molecular complexity index is 483. The largest absolute Gasteiger partial charge is 0.340 e. The molecule has 1 aliphatic heterocycles. The highest BCUT2D eigenvalue weighted by molar-refractivity contribution is 5.97. The summed E-state index contributed by atoms with van der Waals surface area (Å²) in [7, 11) is 0. The van der Waals surface area contributed by atoms with Crippen molar-refractivity contribution in [2.45, 2.75) is 38.6 Å². The van der Waals surface area contributed by atoms with Crippen molar-refractivity contribution in [2.24, 2.45) is 0 Å². The molecule has 0 atom stereocenters. The minimum Gasteiger partial charge on any atom is -0.340 e. The average Bonchev–Trinajstić information content (AvgIpc) is 2.49. The lowest BCUT2D eigenvalue weighted by molar-refractivity contribution is -0.150. The zero-order chi connectivity index (χ0) is 14.6. The van der Waals surface area contributed by atoms with Crippen LogP contribution in [0.2, 0.25) is 0 Å². The van der Waals surface area contributed by atoms with Crippen molar-refractivity contribution in [1.82, 2.24) is 15.2 Å². The molecule has 0 spiro atoms. The summed E-state index contributed by atoms with van der Waals surface area (Å²) in [4.78, 5) is 30.1. The molecule has 0 radical (unpaired) electrons. The Morgan fingerprint density at radius 1 is 1.25 bits per heavy atom. The fraction of sp³-hybridized carbons (Fsp3) is 0.533. The van der Waals surface area contributed by atoms with Crippen LogP contribution in [0.3, 0.4) is 0 Å². The number of pyridine rings is 1. The van der Waals surface area contributed by atoms with Crippen molar-refractivity contribution >= 4 is 11.8 Å². The van der Waals surface area contributed by atoms with Crippen molar-refractivity contribution in [3.05, 3.63) is 30.1 Å². The third kappa shape index (κ3) is 2.81. The molecular weight excluding hydrogens is 254 g/mol. The van der Waals surface area contributed by atoms with Crippen LogP contribution in [0.4, 0.5) is 0 Å². The summed E-state index contributed by atoms with van der Waals surface area (Å²) >= 11 is 0. The maximum Gasteiger partial charge on any atom is 0.248 e. The Hall–Kier alpha value is -1.91. The first-order chi connectivity index (χ1) is 9.61. The van der Waals surface area contributed by atoms with Crippen LogP contribution in [0.15, 0.2) is 24.5 Å². The maximum absolute atomic E-state index is 12.6. The molecule has 1 aliphatic rings. The van der Waals surface area contributed by atoms with Crippen LogP contribution in [-0.4, -0.2) is 40.3 Å². The van der Waals surface area contributed by atoms with E-state index in [9.17, 15) is 9.59 Å². The molecule has 5 heteroatoms. The number of rotatable bonds is 5. The number of hydrogen-bond acceptors (Lipinski definition) is 3. The number of aromatic nitrogens is 1. The second kappa shape index (κ2) is 6.03. The van der Waals surface area contributed by atoms with Gasteiger partial charge in [0, 0.05) is 18.9 Å². The van der Waals surface area contributed by atoms with Gasteiger partial charge in [-0.1, -0.05) is 13.8 Å². The van der Waals surface area contributed by atoms with Gasteiger partial charge in [-0.05, 0) is 37.0 Å². The Labute approximate surface area is 119 Å². The molecule has 2 rings (SSSR count). The summed E-state index contributed by atoms with van der Waals surface area (Å²) in [5, 5.41) is 2.87. The molecule has 1 fully saturated rings. The predicted molar refractivity (Wildman–Crippen MR) is 76.0 cm³/mol. The van der Waals surface area contributed by atoms with Gasteiger partial charge in [-0.25, -0.2) is 0 Å². The molecular formula is C15H21N3O2. The standard InChI is InChI=1S/C15H21N3O2/c1-3-15(4-2)14(20)18(11-13(19)17-15)10-7-12-5-8-16-9-6-12/h5-6,8-9H,3-4,7,10-11H2,1-2H3,(H,17,19). The quantitative estimate of drug-likeness (QED) is 0.876. The van der Waals surface area contributed by atoms with Gasteiger partial charge in [-0.2, -0.15) is 0 Å². The third-order valence-corrected chi connectivity index (χ3v) is 4.04. The maximum atomic E-state index is 12.6. The highest BCUT2D eigenvalue weighted by Crippen LogP contribution is 2.22. The Morgan fingerprint density at radius 2 is 1.90 bits per heavy atom. The van der Waals surface area contributed by atoms with E-state index in [1.165, 1.54) is 0 Å². The minimum absolute atomic E-state index is 0.0381. The van der Waals surface area contributed by atoms with E-state index in [0.717, 1.165) is 12.0 Å². The first-order valence-corrected chi connectivity index (χ1v) is 7.10. The number of carbonyl (C=O) groups is 2. The van der Waals surface area contributed by atoms with Crippen LogP contribution in [0, 0.1) is 0 Å². The molecule has 108 valence electrons. The van der Waals surface area contributed by atoms with E-state index in [1.54, 1.807) is 17.3 Å². The van der Waals surface area contributed by atoms with Crippen molar-refractivity contribution in [3.63, 3.8) is 0 Å². The first-order valence-electron chi connectivity index (χ1n) is 7.10. The average molecular weight is 275 g/mol. The summed E-state index contributed by atoms with van der Waals surface area (Å²) in [5.74, 6) is -0.0285. The Morgan fingerprint density at radius 3 is 2.50 bits per heavy atom. The second-order valence-corrected chi connectivity index (χ2v) is 5.17. The van der Waals surface area contributed by atoms with E-state index in [4.69, 9.17) is 0 Å². The van der Waals surface area contributed by atoms with Crippen molar-refractivity contribution in [3.8, 4) is 0 Å². The van der Waals surface area contributed by atoms with E-state index in [2.05, 4.69) is 10.3 Å². The SMILES string of the molecule is CCC1(CC)NC(=O)CN(CCc2ccncc2)C1=O. The molecule has 1 saturated heterocycles. The van der Waals surface area contributed by atoms with Crippen LogP contribution >= 0.6 is 0 Å². The molecule has 0 unspecified atom stereocenters. The zero-order valence-electron chi connectivity index (χ0n) is 12.1. The van der Waals surface area contributed by atoms with E-state index in [-0.39, 0.29) is 18.4 Å². The van der Waals surface area contributed by atoms with Crippen molar-refractivity contribution < 1.29 is 9.59 Å². The van der Waals surface area contributed by atoms with Crippen molar-refractivity contribution in [2.75, 3.05) is 13.1 Å². The summed E-state index contributed by atoms with van der Waals surface area (Å²) in [6.07, 6.45) is 5.47. The summed E-state index contributed by atoms with van der Waals surface area (Å²) in [6.45, 7) is 4.60. The Kier molecular flexibility index (Phi) is 4.37. The van der Waals surface area contributed by atoms with E-state index in [0.29, 0.717) is 19.4 Å². The molecule has 0 aromatic carbocycles. The van der Waals surface area contributed by atoms with Crippen LogP contribution in [-0.2, 0) is 16.0 Å². The van der Waals surface area contributed by atoms with Gasteiger partial charge in [0.1, 0.15) is 5.54 Å². The van der Waals surface area contributed by atoms with Gasteiger partial charge in [-0.3, -0.25) is 14.6 Å². The van der Waals surface area contributed by atoms with E-state index in [1.807, 2.05) is 26.0 Å². The number of hydrogen-bond donors (Lipinski definition) is 1. The van der Waals surface area contributed by atoms with Gasteiger partial charge in [0.25, 0.3) is 0 Å². The number of nitrogens with one attached hydrogen (secondary N) is 1. The first kappa shape index (κ1) is 14.5. The lowest BCUT2D eigenvalue weighted by Crippen LogP contribution is -2.66. The minimum atomic E-state index is -0.715. The number of carbonyl (C=O) groups excluding carboxylic acids is 2. The molecule has 1 aromatic rings. The van der Waals surface area contributed by atoms with Gasteiger partial charge < -0.3 is 10.2 Å². The molecule has 0 aliphatic carbocycles. The number of piperazine rings is 1. The van der Waals surface area contributed by atoms with Crippen LogP contribution in [0.25, 0.3) is 0 Å². The fourth-order valence-corrected chi connectivity index (χ4v) is 2.63. The molecule has 0 bridgehead atoms. The third-order valence-electron chi connectivity index (χ3n) is 4.04. The molecule has 5 nitrogen and oxygen atoms in total. The summed E-state index contributed by atoms with van der Waals surface area (Å²) in [6, 6.07) is 3.86.